The van der Waals surface area contributed by atoms with Crippen LogP contribution in [0.2, 0.25) is 0 Å². The summed E-state index contributed by atoms with van der Waals surface area (Å²) in [4.78, 5) is 0. The van der Waals surface area contributed by atoms with Crippen LogP contribution in [-0.4, -0.2) is 0 Å². The van der Waals surface area contributed by atoms with Crippen LogP contribution in [0.5, 0.6) is 0 Å². The Kier molecular flexibility index (Phi) is 4.70. The molecule has 0 bridgehead atoms. The van der Waals surface area contributed by atoms with Gasteiger partial charge in [-0.25, -0.2) is 0 Å². The van der Waals surface area contributed by atoms with Gasteiger partial charge in [-0.15, -0.1) is 0 Å². The van der Waals surface area contributed by atoms with Crippen molar-refractivity contribution in [2.24, 2.45) is 0 Å². The number of anilines is 1. The van der Waals surface area contributed by atoms with Crippen molar-refractivity contribution in [2.45, 2.75) is 5.41 Å². The van der Waals surface area contributed by atoms with E-state index < -0.39 is 5.41 Å². The molecule has 0 spiro atoms. The first-order valence-electron chi connectivity index (χ1n) is 11.1. The zero-order valence-electron chi connectivity index (χ0n) is 18.0. The molecule has 1 nitrogen and oxygen atoms in total. The normalized spacial score (nSPS) is 13.4. The van der Waals surface area contributed by atoms with Crippen LogP contribution in [0.3, 0.4) is 0 Å². The number of hydrogen-bond acceptors (Lipinski definition) is 1. The summed E-state index contributed by atoms with van der Waals surface area (Å²) in [6.45, 7) is 0. The molecule has 0 atom stereocenters. The van der Waals surface area contributed by atoms with Gasteiger partial charge in [0.2, 0.25) is 0 Å². The van der Waals surface area contributed by atoms with E-state index in [2.05, 4.69) is 137 Å². The number of rotatable bonds is 3. The van der Waals surface area contributed by atoms with E-state index in [-0.39, 0.29) is 0 Å². The Balaban J connectivity index is 1.82. The molecule has 2 N–H and O–H groups in total. The fraction of sp³-hybridized carbons (Fsp3) is 0.0323. The molecule has 0 fully saturated rings. The predicted octanol–water partition coefficient (Wildman–Crippen LogP) is 8.06. The lowest BCUT2D eigenvalue weighted by atomic mass is 9.67. The lowest BCUT2D eigenvalue weighted by Gasteiger charge is -2.34. The maximum atomic E-state index is 6.51. The van der Waals surface area contributed by atoms with E-state index in [1.807, 2.05) is 0 Å². The summed E-state index contributed by atoms with van der Waals surface area (Å²) in [7, 11) is 0. The number of hydrogen-bond donors (Lipinski definition) is 1. The highest BCUT2D eigenvalue weighted by Gasteiger charge is 2.47. The van der Waals surface area contributed by atoms with Gasteiger partial charge in [-0.3, -0.25) is 0 Å². The van der Waals surface area contributed by atoms with Gasteiger partial charge in [-0.2, -0.15) is 0 Å². The molecule has 0 aromatic heterocycles. The van der Waals surface area contributed by atoms with E-state index in [4.69, 9.17) is 5.73 Å². The highest BCUT2D eigenvalue weighted by Crippen LogP contribution is 2.59. The summed E-state index contributed by atoms with van der Waals surface area (Å²) in [5.41, 5.74) is 16.7. The molecule has 5 aromatic rings. The van der Waals surface area contributed by atoms with Gasteiger partial charge in [-0.1, -0.05) is 109 Å². The molecule has 0 saturated heterocycles. The summed E-state index contributed by atoms with van der Waals surface area (Å²) in [6.07, 6.45) is 0. The van der Waals surface area contributed by atoms with Gasteiger partial charge >= 0.3 is 0 Å². The Hall–Kier alpha value is -3.62. The van der Waals surface area contributed by atoms with E-state index in [0.717, 1.165) is 10.2 Å². The highest BCUT2D eigenvalue weighted by molar-refractivity contribution is 9.10. The molecule has 0 radical (unpaired) electrons. The Morgan fingerprint density at radius 1 is 0.545 bits per heavy atom. The second-order valence-electron chi connectivity index (χ2n) is 8.50. The van der Waals surface area contributed by atoms with Gasteiger partial charge in [0.05, 0.1) is 5.41 Å². The monoisotopic (exact) mass is 487 g/mol. The first kappa shape index (κ1) is 20.0. The second-order valence-corrected chi connectivity index (χ2v) is 9.35. The quantitative estimate of drug-likeness (QED) is 0.251. The first-order valence-corrected chi connectivity index (χ1v) is 11.9. The molecule has 5 aromatic carbocycles. The van der Waals surface area contributed by atoms with Crippen LogP contribution in [0.25, 0.3) is 22.3 Å². The van der Waals surface area contributed by atoms with Crippen molar-refractivity contribution in [2.75, 3.05) is 5.73 Å². The van der Waals surface area contributed by atoms with Crippen LogP contribution < -0.4 is 5.73 Å². The molecule has 6 rings (SSSR count). The predicted molar refractivity (Wildman–Crippen MR) is 141 cm³/mol. The van der Waals surface area contributed by atoms with Gasteiger partial charge in [0.1, 0.15) is 0 Å². The lowest BCUT2D eigenvalue weighted by Crippen LogP contribution is -2.28. The Bertz CT molecular complexity index is 1420. The van der Waals surface area contributed by atoms with Crippen LogP contribution in [0, 0.1) is 0 Å². The zero-order valence-corrected chi connectivity index (χ0v) is 19.6. The summed E-state index contributed by atoms with van der Waals surface area (Å²) in [6, 6.07) is 43.3. The van der Waals surface area contributed by atoms with Crippen molar-refractivity contribution in [3.63, 3.8) is 0 Å². The maximum absolute atomic E-state index is 6.51. The third-order valence-electron chi connectivity index (χ3n) is 6.78. The molecular weight excluding hydrogens is 466 g/mol. The van der Waals surface area contributed by atoms with Crippen molar-refractivity contribution < 1.29 is 0 Å². The molecule has 1 aliphatic rings. The van der Waals surface area contributed by atoms with Crippen LogP contribution >= 0.6 is 15.9 Å². The van der Waals surface area contributed by atoms with Gasteiger partial charge < -0.3 is 5.73 Å². The molecule has 0 heterocycles. The van der Waals surface area contributed by atoms with Crippen molar-refractivity contribution in [3.8, 4) is 22.3 Å². The van der Waals surface area contributed by atoms with Gasteiger partial charge in [0, 0.05) is 10.2 Å². The SMILES string of the molecule is Nc1cc2c(cc1Br)-c1c(-c3ccccc3)cccc1C2(c1ccccc1)c1ccccc1. The smallest absolute Gasteiger partial charge is 0.0714 e. The number of halogens is 1. The van der Waals surface area contributed by atoms with E-state index >= 15 is 0 Å². The largest absolute Gasteiger partial charge is 0.398 e. The van der Waals surface area contributed by atoms with Crippen LogP contribution in [-0.2, 0) is 5.41 Å². The van der Waals surface area contributed by atoms with E-state index in [0.29, 0.717) is 0 Å². The molecule has 0 unspecified atom stereocenters. The maximum Gasteiger partial charge on any atom is 0.0714 e. The van der Waals surface area contributed by atoms with Gasteiger partial charge in [0.15, 0.2) is 0 Å². The van der Waals surface area contributed by atoms with E-state index in [1.54, 1.807) is 0 Å². The van der Waals surface area contributed by atoms with Crippen molar-refractivity contribution in [3.05, 3.63) is 148 Å². The number of fused-ring (bicyclic) bond motifs is 3. The highest BCUT2D eigenvalue weighted by atomic mass is 79.9. The summed E-state index contributed by atoms with van der Waals surface area (Å²) in [5.74, 6) is 0. The third kappa shape index (κ3) is 2.91. The molecule has 1 aliphatic carbocycles. The average molecular weight is 488 g/mol. The molecule has 0 amide bonds. The fourth-order valence-electron chi connectivity index (χ4n) is 5.43. The van der Waals surface area contributed by atoms with Crippen molar-refractivity contribution in [1.82, 2.24) is 0 Å². The van der Waals surface area contributed by atoms with Crippen molar-refractivity contribution in [1.29, 1.82) is 0 Å². The molecular formula is C31H22BrN. The van der Waals surface area contributed by atoms with E-state index in [9.17, 15) is 0 Å². The number of nitrogens with two attached hydrogens (primary N) is 1. The van der Waals surface area contributed by atoms with Crippen LogP contribution in [0.1, 0.15) is 22.3 Å². The minimum absolute atomic E-state index is 0.452. The second kappa shape index (κ2) is 7.75. The molecule has 158 valence electrons. The average Bonchev–Trinajstić information content (AvgIpc) is 3.16. The van der Waals surface area contributed by atoms with Gasteiger partial charge in [-0.05, 0) is 72.6 Å². The standard InChI is InChI=1S/C31H22BrN/c32-28-19-25-27(20-29(28)33)31(22-13-6-2-7-14-22,23-15-8-3-9-16-23)26-18-10-17-24(30(25)26)21-11-4-1-5-12-21/h1-20H,33H2. The summed E-state index contributed by atoms with van der Waals surface area (Å²) >= 11 is 3.71. The fourth-order valence-corrected chi connectivity index (χ4v) is 5.77. The Morgan fingerprint density at radius 3 is 1.73 bits per heavy atom. The summed E-state index contributed by atoms with van der Waals surface area (Å²) in [5, 5.41) is 0. The number of benzene rings is 5. The Labute approximate surface area is 202 Å². The topological polar surface area (TPSA) is 26.0 Å². The number of nitrogen functional groups attached to an aromatic ring is 1. The van der Waals surface area contributed by atoms with Crippen LogP contribution in [0.15, 0.2) is 126 Å². The van der Waals surface area contributed by atoms with Crippen molar-refractivity contribution >= 4 is 21.6 Å². The molecule has 2 heteroatoms. The molecule has 0 saturated carbocycles. The molecule has 33 heavy (non-hydrogen) atoms. The Morgan fingerprint density at radius 2 is 1.12 bits per heavy atom. The molecule has 0 aliphatic heterocycles. The minimum Gasteiger partial charge on any atom is -0.398 e. The minimum atomic E-state index is -0.452. The van der Waals surface area contributed by atoms with Gasteiger partial charge in [0.25, 0.3) is 0 Å². The lowest BCUT2D eigenvalue weighted by molar-refractivity contribution is 0.769. The zero-order chi connectivity index (χ0) is 22.4. The van der Waals surface area contributed by atoms with Crippen LogP contribution in [0.4, 0.5) is 5.69 Å². The van der Waals surface area contributed by atoms with E-state index in [1.165, 1.54) is 44.5 Å². The third-order valence-corrected chi connectivity index (χ3v) is 7.46. The first-order chi connectivity index (χ1) is 16.2. The summed E-state index contributed by atoms with van der Waals surface area (Å²) < 4.78 is 0.923.